The molecular weight excluding hydrogens is 641 g/mol. The van der Waals surface area contributed by atoms with Crippen LogP contribution in [0.25, 0.3) is 54.7 Å². The lowest BCUT2D eigenvalue weighted by Crippen LogP contribution is -1.78. The summed E-state index contributed by atoms with van der Waals surface area (Å²) in [5, 5.41) is 0. The minimum Gasteiger partial charge on any atom is -0.141 e. The molecule has 0 amide bonds. The molecule has 0 N–H and O–H groups in total. The van der Waals surface area contributed by atoms with Gasteiger partial charge >= 0.3 is 0 Å². The van der Waals surface area contributed by atoms with E-state index in [9.17, 15) is 0 Å². The van der Waals surface area contributed by atoms with Gasteiger partial charge in [0, 0.05) is 48.8 Å². The van der Waals surface area contributed by atoms with E-state index in [1.54, 1.807) is 0 Å². The Morgan fingerprint density at radius 2 is 0.600 bits per heavy atom. The van der Waals surface area contributed by atoms with Crippen molar-refractivity contribution >= 4 is 111 Å². The van der Waals surface area contributed by atoms with Crippen molar-refractivity contribution < 1.29 is 0 Å². The predicted octanol–water partition coefficient (Wildman–Crippen LogP) is 14.5. The van der Waals surface area contributed by atoms with Crippen molar-refractivity contribution in [1.29, 1.82) is 0 Å². The van der Waals surface area contributed by atoms with Crippen molar-refractivity contribution in [2.45, 2.75) is 69.2 Å². The van der Waals surface area contributed by atoms with Gasteiger partial charge in [0.15, 0.2) is 0 Å². The number of hydrogen-bond donors (Lipinski definition) is 0. The van der Waals surface area contributed by atoms with Gasteiger partial charge < -0.3 is 0 Å². The van der Waals surface area contributed by atoms with Gasteiger partial charge in [-0.1, -0.05) is 6.08 Å². The van der Waals surface area contributed by atoms with Crippen LogP contribution in [0.3, 0.4) is 0 Å². The van der Waals surface area contributed by atoms with E-state index < -0.39 is 0 Å². The molecule has 5 aromatic heterocycles. The molecule has 1 aliphatic heterocycles. The van der Waals surface area contributed by atoms with E-state index in [4.69, 9.17) is 0 Å². The maximum atomic E-state index is 2.32. The quantitative estimate of drug-likeness (QED) is 0.162. The van der Waals surface area contributed by atoms with Gasteiger partial charge in [0.25, 0.3) is 0 Å². The molecule has 0 nitrogen and oxygen atoms in total. The minimum absolute atomic E-state index is 1.34. The Kier molecular flexibility index (Phi) is 10.7. The van der Waals surface area contributed by atoms with Gasteiger partial charge in [-0.3, -0.25) is 0 Å². The van der Waals surface area contributed by atoms with Gasteiger partial charge in [0.2, 0.25) is 0 Å². The Labute approximate surface area is 290 Å². The number of allylic oxidation sites excluding steroid dienone is 1. The van der Waals surface area contributed by atoms with Crippen LogP contribution in [0.15, 0.2) is 18.2 Å². The third kappa shape index (κ3) is 7.29. The van der Waals surface area contributed by atoms with E-state index in [1.165, 1.54) is 93.3 Å². The van der Waals surface area contributed by atoms with Gasteiger partial charge in [0.1, 0.15) is 0 Å². The van der Waals surface area contributed by atoms with Crippen molar-refractivity contribution in [3.63, 3.8) is 0 Å². The minimum atomic E-state index is 1.34. The van der Waals surface area contributed by atoms with Crippen LogP contribution >= 0.6 is 56.7 Å². The third-order valence-electron chi connectivity index (χ3n) is 8.72. The van der Waals surface area contributed by atoms with Crippen molar-refractivity contribution in [3.05, 3.63) is 111 Å². The zero-order chi connectivity index (χ0) is 32.4. The fourth-order valence-corrected chi connectivity index (χ4v) is 10.5. The Balaban J connectivity index is 0.000000383. The number of rotatable bonds is 1. The average Bonchev–Trinajstić information content (AvgIpc) is 3.77. The van der Waals surface area contributed by atoms with Crippen molar-refractivity contribution in [1.82, 2.24) is 0 Å². The highest BCUT2D eigenvalue weighted by Crippen LogP contribution is 2.37. The first-order chi connectivity index (χ1) is 21.5. The average molecular weight is 683 g/mol. The van der Waals surface area contributed by atoms with Crippen LogP contribution in [0.1, 0.15) is 100 Å². The molecule has 0 fully saturated rings. The summed E-state index contributed by atoms with van der Waals surface area (Å²) < 4.78 is 0. The predicted molar refractivity (Wildman–Crippen MR) is 215 cm³/mol. The Hall–Kier alpha value is -2.80. The lowest BCUT2D eigenvalue weighted by Gasteiger charge is -1.95. The molecule has 232 valence electrons. The van der Waals surface area contributed by atoms with Crippen LogP contribution in [0.5, 0.6) is 0 Å². The summed E-state index contributed by atoms with van der Waals surface area (Å²) in [6.07, 6.45) is 22.7. The smallest absolute Gasteiger partial charge is 0.0309 e. The SMILES string of the molecule is CC=Cc1ccc(C)s1.Cc1c2sc(c1C)/C=C\c1sc(c(C)c1C)/C=C\c1sc(c(C)c1C)/C=C\c1sc(c(C)c1C)/C=C\2. The second kappa shape index (κ2) is 14.3. The maximum absolute atomic E-state index is 2.32. The standard InChI is InChI=1S/C32H32S4.C8H10S/c1-17-18(2)26-11-12-28-21(5)22(6)30(35-28)15-16-32-24(8)23(7)31(36-32)14-13-29-20(4)19(3)27(34-29)10-9-25(17)33-26;1-3-4-8-6-5-7(2)9-8/h9-16H,1-8H3;3-6H,1-2H3/b10-9-,12-11-,14-13-,16-15-,25-9?,26-11?,27-10?,28-12?,29-13?,30-15?,31-14?,32-16?;. The number of fused-ring (bicyclic) bond motifs is 8. The lowest BCUT2D eigenvalue weighted by atomic mass is 10.1. The van der Waals surface area contributed by atoms with Gasteiger partial charge in [-0.25, -0.2) is 0 Å². The van der Waals surface area contributed by atoms with Crippen LogP contribution in [0.4, 0.5) is 0 Å². The summed E-state index contributed by atoms with van der Waals surface area (Å²) in [6.45, 7) is 22.2. The maximum Gasteiger partial charge on any atom is 0.0309 e. The Bertz CT molecular complexity index is 1650. The zero-order valence-corrected chi connectivity index (χ0v) is 32.1. The molecule has 45 heavy (non-hydrogen) atoms. The summed E-state index contributed by atoms with van der Waals surface area (Å²) in [5.74, 6) is 0. The van der Waals surface area contributed by atoms with Gasteiger partial charge in [0.05, 0.1) is 0 Å². The fourth-order valence-electron chi connectivity index (χ4n) is 5.15. The molecule has 0 unspecified atom stereocenters. The summed E-state index contributed by atoms with van der Waals surface area (Å²) in [7, 11) is 0. The number of aryl methyl sites for hydroxylation is 1. The molecule has 0 aliphatic carbocycles. The molecule has 6 heterocycles. The normalized spacial score (nSPS) is 15.5. The van der Waals surface area contributed by atoms with E-state index in [-0.39, 0.29) is 0 Å². The molecule has 5 heteroatoms. The molecule has 6 rings (SSSR count). The van der Waals surface area contributed by atoms with E-state index >= 15 is 0 Å². The van der Waals surface area contributed by atoms with Gasteiger partial charge in [-0.2, -0.15) is 0 Å². The molecule has 0 saturated heterocycles. The van der Waals surface area contributed by atoms with Crippen molar-refractivity contribution in [3.8, 4) is 0 Å². The highest BCUT2D eigenvalue weighted by atomic mass is 32.1. The fraction of sp³-hybridized carbons (Fsp3) is 0.250. The summed E-state index contributed by atoms with van der Waals surface area (Å²) in [4.78, 5) is 13.5. The van der Waals surface area contributed by atoms with E-state index in [1.807, 2.05) is 63.6 Å². The van der Waals surface area contributed by atoms with Crippen LogP contribution in [-0.2, 0) is 0 Å². The van der Waals surface area contributed by atoms with Crippen LogP contribution in [0.2, 0.25) is 0 Å². The monoisotopic (exact) mass is 682 g/mol. The zero-order valence-electron chi connectivity index (χ0n) is 28.0. The first kappa shape index (κ1) is 33.6. The second-order valence-corrected chi connectivity index (χ2v) is 17.3. The first-order valence-electron chi connectivity index (χ1n) is 15.3. The van der Waals surface area contributed by atoms with E-state index in [0.717, 1.165) is 0 Å². The molecule has 0 saturated carbocycles. The highest BCUT2D eigenvalue weighted by Gasteiger charge is 2.14. The third-order valence-corrected chi connectivity index (χ3v) is 15.0. The summed E-state index contributed by atoms with van der Waals surface area (Å²) in [6, 6.07) is 4.28. The Morgan fingerprint density at radius 3 is 0.778 bits per heavy atom. The molecule has 1 aliphatic rings. The topological polar surface area (TPSA) is 0 Å². The molecule has 0 spiro atoms. The van der Waals surface area contributed by atoms with Gasteiger partial charge in [-0.15, -0.1) is 56.7 Å². The van der Waals surface area contributed by atoms with Crippen LogP contribution < -0.4 is 0 Å². The first-order valence-corrected chi connectivity index (χ1v) is 19.4. The van der Waals surface area contributed by atoms with E-state index in [0.29, 0.717) is 0 Å². The van der Waals surface area contributed by atoms with Gasteiger partial charge in [-0.05, 0) is 181 Å². The highest BCUT2D eigenvalue weighted by molar-refractivity contribution is 7.16. The molecule has 0 atom stereocenters. The summed E-state index contributed by atoms with van der Waals surface area (Å²) >= 11 is 9.40. The number of thiophene rings is 5. The molecule has 0 radical (unpaired) electrons. The van der Waals surface area contributed by atoms with E-state index in [2.05, 4.69) is 135 Å². The van der Waals surface area contributed by atoms with Crippen molar-refractivity contribution in [2.75, 3.05) is 0 Å². The lowest BCUT2D eigenvalue weighted by molar-refractivity contribution is 1.38. The molecule has 8 bridgehead atoms. The molecular formula is C40H42S5. The second-order valence-electron chi connectivity index (χ2n) is 11.6. The largest absolute Gasteiger partial charge is 0.141 e. The number of hydrogen-bond acceptors (Lipinski definition) is 5. The Morgan fingerprint density at radius 1 is 0.356 bits per heavy atom. The van der Waals surface area contributed by atoms with Crippen molar-refractivity contribution in [2.24, 2.45) is 0 Å². The van der Waals surface area contributed by atoms with Crippen LogP contribution in [-0.4, -0.2) is 0 Å². The molecule has 0 aromatic carbocycles. The summed E-state index contributed by atoms with van der Waals surface area (Å²) in [5.41, 5.74) is 11.1. The molecule has 5 aromatic rings. The van der Waals surface area contributed by atoms with Crippen LogP contribution in [0, 0.1) is 62.3 Å².